The van der Waals surface area contributed by atoms with Crippen LogP contribution >= 0.6 is 23.3 Å². The first kappa shape index (κ1) is 20.9. The first-order valence-corrected chi connectivity index (χ1v) is 11.1. The molecular formula is C23H19N3O3S2. The molecule has 0 atom stereocenters. The third kappa shape index (κ3) is 4.87. The minimum absolute atomic E-state index is 0.266. The van der Waals surface area contributed by atoms with Crippen LogP contribution in [0.1, 0.15) is 15.9 Å². The minimum Gasteiger partial charge on any atom is -0.497 e. The number of para-hydroxylation sites is 1. The number of aromatic nitrogens is 1. The molecule has 3 aromatic carbocycles. The fourth-order valence-electron chi connectivity index (χ4n) is 2.91. The van der Waals surface area contributed by atoms with Crippen LogP contribution in [0.3, 0.4) is 0 Å². The van der Waals surface area contributed by atoms with Gasteiger partial charge in [-0.15, -0.1) is 11.3 Å². The van der Waals surface area contributed by atoms with E-state index < -0.39 is 6.03 Å². The van der Waals surface area contributed by atoms with Gasteiger partial charge in [-0.1, -0.05) is 24.3 Å². The second-order valence-corrected chi connectivity index (χ2v) is 8.50. The maximum absolute atomic E-state index is 12.4. The van der Waals surface area contributed by atoms with Crippen LogP contribution < -0.4 is 14.8 Å². The van der Waals surface area contributed by atoms with Crippen LogP contribution in [0.25, 0.3) is 20.8 Å². The molecule has 0 aliphatic carbocycles. The summed E-state index contributed by atoms with van der Waals surface area (Å²) in [5.41, 5.74) is 3.91. The number of carbonyl (C=O) groups excluding carboxylic acids is 2. The number of rotatable bonds is 4. The number of carbonyl (C=O) groups is 2. The zero-order chi connectivity index (χ0) is 21.8. The van der Waals surface area contributed by atoms with Gasteiger partial charge in [0.25, 0.3) is 0 Å². The van der Waals surface area contributed by atoms with E-state index >= 15 is 0 Å². The maximum Gasteiger partial charge on any atom is 0.329 e. The van der Waals surface area contributed by atoms with Gasteiger partial charge in [0.2, 0.25) is 5.12 Å². The number of nitrogens with zero attached hydrogens (tertiary/aromatic N) is 1. The number of anilines is 1. The minimum atomic E-state index is -0.476. The second kappa shape index (κ2) is 9.20. The summed E-state index contributed by atoms with van der Waals surface area (Å²) in [6.07, 6.45) is 0. The van der Waals surface area contributed by atoms with Gasteiger partial charge in [-0.25, -0.2) is 9.78 Å². The van der Waals surface area contributed by atoms with Crippen molar-refractivity contribution < 1.29 is 14.3 Å². The van der Waals surface area contributed by atoms with Gasteiger partial charge in [-0.05, 0) is 55.0 Å². The highest BCUT2D eigenvalue weighted by atomic mass is 32.2. The monoisotopic (exact) mass is 449 g/mol. The molecule has 1 aromatic heterocycles. The lowest BCUT2D eigenvalue weighted by atomic mass is 10.1. The summed E-state index contributed by atoms with van der Waals surface area (Å²) in [7, 11) is 1.56. The van der Waals surface area contributed by atoms with E-state index in [4.69, 9.17) is 4.74 Å². The van der Waals surface area contributed by atoms with Crippen molar-refractivity contribution in [3.05, 3.63) is 77.9 Å². The standard InChI is InChI=1S/C23H19N3O3S2/c1-14-7-8-16(21-24-18-5-3-4-6-20(18)30-21)13-19(14)25-23(28)26-31-22(27)15-9-11-17(29-2)12-10-15/h3-13H,1-2H3,(H2,25,26,28). The van der Waals surface area contributed by atoms with Gasteiger partial charge in [0, 0.05) is 28.8 Å². The highest BCUT2D eigenvalue weighted by molar-refractivity contribution is 8.12. The van der Waals surface area contributed by atoms with Crippen molar-refractivity contribution in [1.29, 1.82) is 0 Å². The number of methoxy groups -OCH3 is 1. The molecule has 2 N–H and O–H groups in total. The Bertz CT molecular complexity index is 1220. The van der Waals surface area contributed by atoms with Crippen LogP contribution in [-0.2, 0) is 0 Å². The van der Waals surface area contributed by atoms with Crippen molar-refractivity contribution in [3.8, 4) is 16.3 Å². The van der Waals surface area contributed by atoms with Crippen LogP contribution in [0.15, 0.2) is 66.7 Å². The smallest absolute Gasteiger partial charge is 0.329 e. The van der Waals surface area contributed by atoms with Crippen molar-refractivity contribution in [2.75, 3.05) is 12.4 Å². The highest BCUT2D eigenvalue weighted by Crippen LogP contribution is 2.32. The van der Waals surface area contributed by atoms with Crippen LogP contribution in [0.4, 0.5) is 10.5 Å². The Morgan fingerprint density at radius 2 is 1.81 bits per heavy atom. The van der Waals surface area contributed by atoms with Gasteiger partial charge in [-0.2, -0.15) is 0 Å². The van der Waals surface area contributed by atoms with Crippen LogP contribution in [-0.4, -0.2) is 23.2 Å². The number of aryl methyl sites for hydroxylation is 1. The van der Waals surface area contributed by atoms with E-state index in [1.54, 1.807) is 42.7 Å². The van der Waals surface area contributed by atoms with E-state index in [0.717, 1.165) is 38.3 Å². The number of amides is 2. The molecule has 156 valence electrons. The lowest BCUT2D eigenvalue weighted by Gasteiger charge is -2.10. The Morgan fingerprint density at radius 1 is 1.03 bits per heavy atom. The molecule has 0 aliphatic heterocycles. The van der Waals surface area contributed by atoms with Crippen molar-refractivity contribution in [2.24, 2.45) is 0 Å². The largest absolute Gasteiger partial charge is 0.497 e. The number of nitrogens with one attached hydrogen (secondary N) is 2. The van der Waals surface area contributed by atoms with Gasteiger partial charge in [-0.3, -0.25) is 9.52 Å². The van der Waals surface area contributed by atoms with E-state index in [1.165, 1.54) is 0 Å². The molecule has 0 spiro atoms. The number of fused-ring (bicyclic) bond motifs is 1. The molecule has 1 heterocycles. The molecule has 6 nitrogen and oxygen atoms in total. The van der Waals surface area contributed by atoms with Gasteiger partial charge >= 0.3 is 6.03 Å². The Hall–Kier alpha value is -3.36. The number of hydrogen-bond donors (Lipinski definition) is 2. The van der Waals surface area contributed by atoms with Crippen molar-refractivity contribution in [1.82, 2.24) is 9.71 Å². The summed E-state index contributed by atoms with van der Waals surface area (Å²) in [5, 5.41) is 3.43. The van der Waals surface area contributed by atoms with Gasteiger partial charge in [0.1, 0.15) is 10.8 Å². The topological polar surface area (TPSA) is 80.3 Å². The summed E-state index contributed by atoms with van der Waals surface area (Å²) in [5.74, 6) is 0.663. The summed E-state index contributed by atoms with van der Waals surface area (Å²) >= 11 is 2.33. The zero-order valence-electron chi connectivity index (χ0n) is 16.8. The molecule has 4 aromatic rings. The average molecular weight is 450 g/mol. The lowest BCUT2D eigenvalue weighted by Crippen LogP contribution is -2.24. The molecule has 8 heteroatoms. The fourth-order valence-corrected chi connectivity index (χ4v) is 4.36. The third-order valence-electron chi connectivity index (χ3n) is 4.59. The Morgan fingerprint density at radius 3 is 2.55 bits per heavy atom. The van der Waals surface area contributed by atoms with Crippen LogP contribution in [0.2, 0.25) is 0 Å². The van der Waals surface area contributed by atoms with E-state index in [2.05, 4.69) is 15.0 Å². The molecule has 31 heavy (non-hydrogen) atoms. The quantitative estimate of drug-likeness (QED) is 0.380. The molecule has 0 saturated heterocycles. The number of benzene rings is 3. The molecule has 0 saturated carbocycles. The Kier molecular flexibility index (Phi) is 6.20. The number of urea groups is 1. The average Bonchev–Trinajstić information content (AvgIpc) is 3.23. The van der Waals surface area contributed by atoms with Crippen molar-refractivity contribution in [3.63, 3.8) is 0 Å². The maximum atomic E-state index is 12.4. The van der Waals surface area contributed by atoms with Gasteiger partial charge in [0.15, 0.2) is 0 Å². The predicted octanol–water partition coefficient (Wildman–Crippen LogP) is 5.89. The molecular weight excluding hydrogens is 430 g/mol. The van der Waals surface area contributed by atoms with Crippen molar-refractivity contribution >= 4 is 50.3 Å². The molecule has 0 fully saturated rings. The first-order chi connectivity index (χ1) is 15.0. The third-order valence-corrected chi connectivity index (χ3v) is 6.38. The molecule has 0 bridgehead atoms. The second-order valence-electron chi connectivity index (χ2n) is 6.69. The molecule has 2 amide bonds. The summed E-state index contributed by atoms with van der Waals surface area (Å²) in [6.45, 7) is 1.91. The number of hydrogen-bond acceptors (Lipinski definition) is 6. The summed E-state index contributed by atoms with van der Waals surface area (Å²) in [4.78, 5) is 29.3. The van der Waals surface area contributed by atoms with E-state index in [0.29, 0.717) is 17.0 Å². The fraction of sp³-hybridized carbons (Fsp3) is 0.0870. The highest BCUT2D eigenvalue weighted by Gasteiger charge is 2.12. The van der Waals surface area contributed by atoms with E-state index in [9.17, 15) is 9.59 Å². The molecule has 0 unspecified atom stereocenters. The number of ether oxygens (including phenoxy) is 1. The van der Waals surface area contributed by atoms with Gasteiger partial charge in [0.05, 0.1) is 17.3 Å². The normalized spacial score (nSPS) is 10.6. The molecule has 0 aliphatic rings. The Labute approximate surface area is 187 Å². The lowest BCUT2D eigenvalue weighted by molar-refractivity contribution is 0.108. The SMILES string of the molecule is COc1ccc(C(=O)SNC(=O)Nc2cc(-c3nc4ccccc4s3)ccc2C)cc1. The van der Waals surface area contributed by atoms with Crippen LogP contribution in [0.5, 0.6) is 5.75 Å². The first-order valence-electron chi connectivity index (χ1n) is 9.42. The Balaban J connectivity index is 1.42. The summed E-state index contributed by atoms with van der Waals surface area (Å²) < 4.78 is 8.73. The zero-order valence-corrected chi connectivity index (χ0v) is 18.5. The molecule has 4 rings (SSSR count). The van der Waals surface area contributed by atoms with E-state index in [-0.39, 0.29) is 5.12 Å². The van der Waals surface area contributed by atoms with Crippen LogP contribution in [0, 0.1) is 6.92 Å². The summed E-state index contributed by atoms with van der Waals surface area (Å²) in [6, 6.07) is 20.0. The van der Waals surface area contributed by atoms with Crippen molar-refractivity contribution in [2.45, 2.75) is 6.92 Å². The molecule has 0 radical (unpaired) electrons. The number of thiazole rings is 1. The van der Waals surface area contributed by atoms with Gasteiger partial charge < -0.3 is 10.1 Å². The predicted molar refractivity (Wildman–Crippen MR) is 127 cm³/mol. The van der Waals surface area contributed by atoms with E-state index in [1.807, 2.05) is 49.4 Å².